The third kappa shape index (κ3) is 3.55. The van der Waals surface area contributed by atoms with E-state index in [1.807, 2.05) is 20.1 Å². The standard InChI is InChI=1S/C15H24N2O2S2/c1-8(2)12(18)13-11(16)14(20-4)15(21-13)17-7-10-5-6-19-9(10)3/h8-10,17H,5-7,16H2,1-4H3. The van der Waals surface area contributed by atoms with Gasteiger partial charge in [0, 0.05) is 25.0 Å². The van der Waals surface area contributed by atoms with Gasteiger partial charge in [-0.1, -0.05) is 13.8 Å². The molecule has 21 heavy (non-hydrogen) atoms. The van der Waals surface area contributed by atoms with Crippen LogP contribution in [-0.4, -0.2) is 31.3 Å². The van der Waals surface area contributed by atoms with Crippen molar-refractivity contribution >= 4 is 39.6 Å². The molecule has 1 aliphatic heterocycles. The monoisotopic (exact) mass is 328 g/mol. The van der Waals surface area contributed by atoms with E-state index in [0.717, 1.165) is 29.5 Å². The van der Waals surface area contributed by atoms with Crippen molar-refractivity contribution in [2.75, 3.05) is 30.5 Å². The fourth-order valence-corrected chi connectivity index (χ4v) is 4.59. The molecule has 0 saturated carbocycles. The molecule has 4 nitrogen and oxygen atoms in total. The summed E-state index contributed by atoms with van der Waals surface area (Å²) in [6, 6.07) is 0. The first kappa shape index (κ1) is 16.6. The Kier molecular flexibility index (Phi) is 5.57. The minimum atomic E-state index is -0.0308. The number of ketones is 1. The average Bonchev–Trinajstić information content (AvgIpc) is 2.99. The Labute approximate surface area is 134 Å². The number of carbonyl (C=O) groups is 1. The molecule has 1 saturated heterocycles. The minimum absolute atomic E-state index is 0.0308. The highest BCUT2D eigenvalue weighted by molar-refractivity contribution is 7.99. The Bertz CT molecular complexity index is 514. The molecule has 6 heteroatoms. The highest BCUT2D eigenvalue weighted by Gasteiger charge is 2.26. The number of rotatable bonds is 6. The van der Waals surface area contributed by atoms with E-state index >= 15 is 0 Å². The van der Waals surface area contributed by atoms with E-state index < -0.39 is 0 Å². The molecule has 1 aliphatic rings. The molecular formula is C15H24N2O2S2. The fraction of sp³-hybridized carbons (Fsp3) is 0.667. The summed E-state index contributed by atoms with van der Waals surface area (Å²) < 4.78 is 5.59. The van der Waals surface area contributed by atoms with Gasteiger partial charge >= 0.3 is 0 Å². The van der Waals surface area contributed by atoms with Crippen molar-refractivity contribution in [3.63, 3.8) is 0 Å². The molecule has 1 aromatic rings. The first-order chi connectivity index (χ1) is 9.95. The number of nitrogens with one attached hydrogen (secondary N) is 1. The van der Waals surface area contributed by atoms with Gasteiger partial charge in [-0.15, -0.1) is 23.1 Å². The maximum Gasteiger partial charge on any atom is 0.177 e. The SMILES string of the molecule is CSc1c(NCC2CCOC2C)sc(C(=O)C(C)C)c1N. The number of ether oxygens (including phenoxy) is 1. The molecule has 0 radical (unpaired) electrons. The second-order valence-electron chi connectivity index (χ2n) is 5.73. The molecule has 0 spiro atoms. The minimum Gasteiger partial charge on any atom is -0.396 e. The zero-order valence-electron chi connectivity index (χ0n) is 13.1. The molecule has 0 bridgehead atoms. The van der Waals surface area contributed by atoms with E-state index in [9.17, 15) is 4.79 Å². The number of thioether (sulfide) groups is 1. The molecular weight excluding hydrogens is 304 g/mol. The van der Waals surface area contributed by atoms with Crippen LogP contribution in [0.3, 0.4) is 0 Å². The van der Waals surface area contributed by atoms with E-state index in [-0.39, 0.29) is 11.7 Å². The number of carbonyl (C=O) groups excluding carboxylic acids is 1. The number of anilines is 2. The van der Waals surface area contributed by atoms with Crippen molar-refractivity contribution in [1.29, 1.82) is 0 Å². The second kappa shape index (κ2) is 7.03. The predicted molar refractivity (Wildman–Crippen MR) is 91.7 cm³/mol. The number of nitrogens with two attached hydrogens (primary N) is 1. The van der Waals surface area contributed by atoms with Crippen molar-refractivity contribution in [2.24, 2.45) is 11.8 Å². The normalized spacial score (nSPS) is 22.0. The molecule has 2 unspecified atom stereocenters. The van der Waals surface area contributed by atoms with Gasteiger partial charge in [0.15, 0.2) is 5.78 Å². The molecule has 0 aliphatic carbocycles. The zero-order valence-corrected chi connectivity index (χ0v) is 14.7. The van der Waals surface area contributed by atoms with Gasteiger partial charge in [-0.25, -0.2) is 0 Å². The predicted octanol–water partition coefficient (Wildman–Crippen LogP) is 3.73. The summed E-state index contributed by atoms with van der Waals surface area (Å²) in [5, 5.41) is 4.49. The summed E-state index contributed by atoms with van der Waals surface area (Å²) in [5.41, 5.74) is 6.80. The van der Waals surface area contributed by atoms with Crippen LogP contribution < -0.4 is 11.1 Å². The van der Waals surface area contributed by atoms with Crippen LogP contribution in [0.4, 0.5) is 10.7 Å². The van der Waals surface area contributed by atoms with Crippen LogP contribution in [0, 0.1) is 11.8 Å². The molecule has 118 valence electrons. The van der Waals surface area contributed by atoms with Crippen LogP contribution >= 0.6 is 23.1 Å². The van der Waals surface area contributed by atoms with Gasteiger partial charge < -0.3 is 15.8 Å². The Morgan fingerprint density at radius 3 is 2.81 bits per heavy atom. The Morgan fingerprint density at radius 2 is 2.29 bits per heavy atom. The van der Waals surface area contributed by atoms with Gasteiger partial charge in [0.2, 0.25) is 0 Å². The summed E-state index contributed by atoms with van der Waals surface area (Å²) >= 11 is 3.08. The lowest BCUT2D eigenvalue weighted by molar-refractivity contribution is 0.0944. The Hall–Kier alpha value is -0.720. The summed E-state index contributed by atoms with van der Waals surface area (Å²) in [6.45, 7) is 7.64. The molecule has 0 aromatic carbocycles. The van der Waals surface area contributed by atoms with Gasteiger partial charge in [0.25, 0.3) is 0 Å². The number of Topliss-reactive ketones (excluding diaryl/α,β-unsaturated/α-hetero) is 1. The lowest BCUT2D eigenvalue weighted by Gasteiger charge is -2.15. The van der Waals surface area contributed by atoms with E-state index in [1.54, 1.807) is 11.8 Å². The van der Waals surface area contributed by atoms with Crippen molar-refractivity contribution in [3.05, 3.63) is 4.88 Å². The van der Waals surface area contributed by atoms with Crippen LogP contribution in [0.15, 0.2) is 4.90 Å². The lowest BCUT2D eigenvalue weighted by atomic mass is 10.0. The van der Waals surface area contributed by atoms with Gasteiger partial charge in [-0.05, 0) is 19.6 Å². The van der Waals surface area contributed by atoms with Crippen molar-refractivity contribution in [1.82, 2.24) is 0 Å². The van der Waals surface area contributed by atoms with Crippen LogP contribution in [-0.2, 0) is 4.74 Å². The number of hydrogen-bond acceptors (Lipinski definition) is 6. The van der Waals surface area contributed by atoms with Crippen LogP contribution in [0.2, 0.25) is 0 Å². The molecule has 2 atom stereocenters. The summed E-state index contributed by atoms with van der Waals surface area (Å²) in [6.07, 6.45) is 3.37. The van der Waals surface area contributed by atoms with E-state index in [2.05, 4.69) is 12.2 Å². The molecule has 1 aromatic heterocycles. The third-order valence-corrected chi connectivity index (χ3v) is 6.05. The van der Waals surface area contributed by atoms with Gasteiger partial charge in [0.1, 0.15) is 5.00 Å². The summed E-state index contributed by atoms with van der Waals surface area (Å²) in [7, 11) is 0. The van der Waals surface area contributed by atoms with Gasteiger partial charge in [0.05, 0.1) is 21.6 Å². The number of thiophene rings is 1. The van der Waals surface area contributed by atoms with E-state index in [0.29, 0.717) is 22.6 Å². The van der Waals surface area contributed by atoms with Crippen molar-refractivity contribution < 1.29 is 9.53 Å². The smallest absolute Gasteiger partial charge is 0.177 e. The average molecular weight is 329 g/mol. The molecule has 1 fully saturated rings. The highest BCUT2D eigenvalue weighted by atomic mass is 32.2. The van der Waals surface area contributed by atoms with Gasteiger partial charge in [-0.2, -0.15) is 0 Å². The number of hydrogen-bond donors (Lipinski definition) is 2. The second-order valence-corrected chi connectivity index (χ2v) is 7.57. The fourth-order valence-electron chi connectivity index (χ4n) is 2.46. The molecule has 0 amide bonds. The first-order valence-corrected chi connectivity index (χ1v) is 9.35. The maximum atomic E-state index is 12.2. The third-order valence-electron chi connectivity index (χ3n) is 3.91. The maximum absolute atomic E-state index is 12.2. The van der Waals surface area contributed by atoms with E-state index in [1.165, 1.54) is 11.3 Å². The zero-order chi connectivity index (χ0) is 15.6. The number of nitrogen functional groups attached to an aromatic ring is 1. The van der Waals surface area contributed by atoms with Gasteiger partial charge in [-0.3, -0.25) is 4.79 Å². The topological polar surface area (TPSA) is 64.3 Å². The lowest BCUT2D eigenvalue weighted by Crippen LogP contribution is -2.20. The molecule has 3 N–H and O–H groups in total. The molecule has 2 rings (SSSR count). The van der Waals surface area contributed by atoms with Crippen molar-refractivity contribution in [2.45, 2.75) is 38.2 Å². The Morgan fingerprint density at radius 1 is 1.57 bits per heavy atom. The molecule has 2 heterocycles. The first-order valence-electron chi connectivity index (χ1n) is 7.31. The van der Waals surface area contributed by atoms with Crippen LogP contribution in [0.25, 0.3) is 0 Å². The van der Waals surface area contributed by atoms with Crippen LogP contribution in [0.1, 0.15) is 36.9 Å². The largest absolute Gasteiger partial charge is 0.396 e. The highest BCUT2D eigenvalue weighted by Crippen LogP contribution is 2.42. The van der Waals surface area contributed by atoms with Crippen molar-refractivity contribution in [3.8, 4) is 0 Å². The quantitative estimate of drug-likeness (QED) is 0.615. The van der Waals surface area contributed by atoms with Crippen LogP contribution in [0.5, 0.6) is 0 Å². The Balaban J connectivity index is 2.15. The van der Waals surface area contributed by atoms with E-state index in [4.69, 9.17) is 10.5 Å². The summed E-state index contributed by atoms with van der Waals surface area (Å²) in [4.78, 5) is 13.9. The summed E-state index contributed by atoms with van der Waals surface area (Å²) in [5.74, 6) is 0.613.